The SMILES string of the molecule is O=C(O)c1ccc(C2=CC(c3cc(Cl)cc(Cl)c3)(C(F)(F)F)ON2)c2cccc(Br)c12. The summed E-state index contributed by atoms with van der Waals surface area (Å²) >= 11 is 15.2. The highest BCUT2D eigenvalue weighted by Gasteiger charge is 2.59. The number of rotatable bonds is 3. The van der Waals surface area contributed by atoms with E-state index < -0.39 is 17.7 Å². The maximum absolute atomic E-state index is 14.2. The lowest BCUT2D eigenvalue weighted by molar-refractivity contribution is -0.269. The first kappa shape index (κ1) is 22.0. The number of hydrogen-bond acceptors (Lipinski definition) is 3. The number of aromatic carboxylic acids is 1. The zero-order chi connectivity index (χ0) is 22.6. The van der Waals surface area contributed by atoms with E-state index in [0.29, 0.717) is 20.8 Å². The highest BCUT2D eigenvalue weighted by molar-refractivity contribution is 9.10. The molecule has 1 aliphatic rings. The van der Waals surface area contributed by atoms with Crippen LogP contribution in [0.1, 0.15) is 21.5 Å². The number of alkyl halides is 3. The summed E-state index contributed by atoms with van der Waals surface area (Å²) in [5, 5.41) is 10.3. The zero-order valence-electron chi connectivity index (χ0n) is 15.2. The molecule has 0 aromatic heterocycles. The Hall–Kier alpha value is -2.26. The Labute approximate surface area is 192 Å². The second-order valence-corrected chi connectivity index (χ2v) is 8.51. The third-order valence-electron chi connectivity index (χ3n) is 4.89. The van der Waals surface area contributed by atoms with Gasteiger partial charge in [0, 0.05) is 31.0 Å². The molecule has 4 nitrogen and oxygen atoms in total. The Kier molecular flexibility index (Phi) is 5.46. The fourth-order valence-corrected chi connectivity index (χ4v) is 4.63. The summed E-state index contributed by atoms with van der Waals surface area (Å²) in [5.74, 6) is -1.16. The molecular weight excluding hydrogens is 522 g/mol. The molecule has 2 N–H and O–H groups in total. The van der Waals surface area contributed by atoms with Crippen LogP contribution in [0, 0.1) is 0 Å². The van der Waals surface area contributed by atoms with Gasteiger partial charge in [0.1, 0.15) is 0 Å². The number of benzene rings is 3. The van der Waals surface area contributed by atoms with Crippen LogP contribution in [0.15, 0.2) is 59.1 Å². The quantitative estimate of drug-likeness (QED) is 0.383. The Morgan fingerprint density at radius 3 is 2.39 bits per heavy atom. The summed E-state index contributed by atoms with van der Waals surface area (Å²) in [4.78, 5) is 16.7. The normalized spacial score (nSPS) is 18.7. The lowest BCUT2D eigenvalue weighted by Gasteiger charge is -2.28. The molecule has 0 bridgehead atoms. The van der Waals surface area contributed by atoms with E-state index in [0.717, 1.165) is 18.2 Å². The lowest BCUT2D eigenvalue weighted by atomic mass is 9.90. The van der Waals surface area contributed by atoms with Gasteiger partial charge in [-0.05, 0) is 41.8 Å². The fourth-order valence-electron chi connectivity index (χ4n) is 3.52. The highest BCUT2D eigenvalue weighted by atomic mass is 79.9. The number of carboxylic acids is 1. The molecule has 1 unspecified atom stereocenters. The van der Waals surface area contributed by atoms with Crippen LogP contribution < -0.4 is 5.48 Å². The molecule has 0 saturated heterocycles. The molecule has 10 heteroatoms. The van der Waals surface area contributed by atoms with E-state index in [1.54, 1.807) is 18.2 Å². The molecule has 0 spiro atoms. The Morgan fingerprint density at radius 2 is 1.77 bits per heavy atom. The maximum atomic E-state index is 14.2. The van der Waals surface area contributed by atoms with E-state index in [-0.39, 0.29) is 26.9 Å². The molecule has 3 aromatic rings. The predicted molar refractivity (Wildman–Crippen MR) is 115 cm³/mol. The Morgan fingerprint density at radius 1 is 1.10 bits per heavy atom. The smallest absolute Gasteiger partial charge is 0.428 e. The van der Waals surface area contributed by atoms with Gasteiger partial charge in [-0.25, -0.2) is 4.79 Å². The van der Waals surface area contributed by atoms with E-state index in [9.17, 15) is 23.1 Å². The first-order valence-corrected chi connectivity index (χ1v) is 10.2. The Balaban J connectivity index is 1.96. The standard InChI is InChI=1S/C21H11BrCl2F3NO3/c22-16-3-1-2-14-13(4-5-15(18(14)16)19(29)30)17-9-20(31-28-17,21(25,26)27)10-6-11(23)8-12(24)7-10/h1-9,28H,(H,29,30). The number of hydroxylamine groups is 1. The van der Waals surface area contributed by atoms with Crippen molar-refractivity contribution in [3.05, 3.63) is 85.8 Å². The summed E-state index contributed by atoms with van der Waals surface area (Å²) in [6, 6.07) is 11.3. The van der Waals surface area contributed by atoms with Gasteiger partial charge in [0.25, 0.3) is 0 Å². The van der Waals surface area contributed by atoms with E-state index >= 15 is 0 Å². The van der Waals surface area contributed by atoms with Gasteiger partial charge in [-0.2, -0.15) is 13.2 Å². The lowest BCUT2D eigenvalue weighted by Crippen LogP contribution is -2.42. The number of carbonyl (C=O) groups is 1. The van der Waals surface area contributed by atoms with E-state index in [1.807, 2.05) is 0 Å². The predicted octanol–water partition coefficient (Wildman–Crippen LogP) is 6.94. The van der Waals surface area contributed by atoms with Gasteiger partial charge in [0.05, 0.1) is 11.3 Å². The molecule has 1 atom stereocenters. The van der Waals surface area contributed by atoms with Gasteiger partial charge >= 0.3 is 12.1 Å². The van der Waals surface area contributed by atoms with Crippen LogP contribution in [-0.4, -0.2) is 17.3 Å². The van der Waals surface area contributed by atoms with Crippen molar-refractivity contribution in [2.45, 2.75) is 11.8 Å². The first-order chi connectivity index (χ1) is 14.5. The summed E-state index contributed by atoms with van der Waals surface area (Å²) in [6.45, 7) is 0. The van der Waals surface area contributed by atoms with Crippen molar-refractivity contribution in [1.29, 1.82) is 0 Å². The molecule has 0 radical (unpaired) electrons. The molecule has 3 aromatic carbocycles. The fraction of sp³-hybridized carbons (Fsp3) is 0.0952. The van der Waals surface area contributed by atoms with Gasteiger partial charge in [-0.3, -0.25) is 10.3 Å². The number of hydrogen-bond donors (Lipinski definition) is 2. The monoisotopic (exact) mass is 531 g/mol. The number of fused-ring (bicyclic) bond motifs is 1. The third-order valence-corrected chi connectivity index (χ3v) is 5.99. The van der Waals surface area contributed by atoms with Crippen LogP contribution in [-0.2, 0) is 10.4 Å². The van der Waals surface area contributed by atoms with Crippen molar-refractivity contribution in [3.63, 3.8) is 0 Å². The minimum atomic E-state index is -4.85. The van der Waals surface area contributed by atoms with Crippen molar-refractivity contribution in [3.8, 4) is 0 Å². The highest BCUT2D eigenvalue weighted by Crippen LogP contribution is 2.49. The average molecular weight is 533 g/mol. The van der Waals surface area contributed by atoms with Crippen molar-refractivity contribution in [2.24, 2.45) is 0 Å². The van der Waals surface area contributed by atoms with Crippen molar-refractivity contribution in [2.75, 3.05) is 0 Å². The van der Waals surface area contributed by atoms with Crippen LogP contribution in [0.4, 0.5) is 13.2 Å². The van der Waals surface area contributed by atoms with Crippen LogP contribution in [0.3, 0.4) is 0 Å². The van der Waals surface area contributed by atoms with Gasteiger partial charge in [-0.15, -0.1) is 0 Å². The van der Waals surface area contributed by atoms with Gasteiger partial charge in [-0.1, -0.05) is 57.3 Å². The summed E-state index contributed by atoms with van der Waals surface area (Å²) < 4.78 is 43.2. The number of carboxylic acid groups (broad SMARTS) is 1. The second-order valence-electron chi connectivity index (χ2n) is 6.78. The molecule has 31 heavy (non-hydrogen) atoms. The van der Waals surface area contributed by atoms with E-state index in [2.05, 4.69) is 21.4 Å². The van der Waals surface area contributed by atoms with Crippen LogP contribution in [0.25, 0.3) is 16.5 Å². The van der Waals surface area contributed by atoms with Crippen LogP contribution in [0.2, 0.25) is 10.0 Å². The van der Waals surface area contributed by atoms with E-state index in [1.165, 1.54) is 18.2 Å². The summed E-state index contributed by atoms with van der Waals surface area (Å²) in [7, 11) is 0. The minimum absolute atomic E-state index is 0.00875. The largest absolute Gasteiger partial charge is 0.478 e. The molecule has 0 aliphatic carbocycles. The average Bonchev–Trinajstić information content (AvgIpc) is 3.13. The topological polar surface area (TPSA) is 58.6 Å². The van der Waals surface area contributed by atoms with Crippen LogP contribution >= 0.6 is 39.1 Å². The molecule has 160 valence electrons. The van der Waals surface area contributed by atoms with Gasteiger partial charge in [0.15, 0.2) is 0 Å². The third kappa shape index (κ3) is 3.67. The molecule has 4 rings (SSSR count). The molecule has 0 fully saturated rings. The zero-order valence-corrected chi connectivity index (χ0v) is 18.3. The molecule has 0 saturated carbocycles. The van der Waals surface area contributed by atoms with Crippen molar-refractivity contribution in [1.82, 2.24) is 5.48 Å². The second kappa shape index (κ2) is 7.70. The van der Waals surface area contributed by atoms with Crippen molar-refractivity contribution >= 4 is 61.6 Å². The van der Waals surface area contributed by atoms with Crippen molar-refractivity contribution < 1.29 is 27.9 Å². The Bertz CT molecular complexity index is 1240. The number of halogens is 6. The number of nitrogens with one attached hydrogen (secondary N) is 1. The summed E-state index contributed by atoms with van der Waals surface area (Å²) in [6.07, 6.45) is -3.96. The first-order valence-electron chi connectivity index (χ1n) is 8.68. The molecule has 0 amide bonds. The minimum Gasteiger partial charge on any atom is -0.478 e. The van der Waals surface area contributed by atoms with Gasteiger partial charge < -0.3 is 5.11 Å². The molecular formula is C21H11BrCl2F3NO3. The summed E-state index contributed by atoms with van der Waals surface area (Å²) in [5.41, 5.74) is -0.420. The van der Waals surface area contributed by atoms with E-state index in [4.69, 9.17) is 28.0 Å². The molecule has 1 aliphatic heterocycles. The maximum Gasteiger partial charge on any atom is 0.428 e. The van der Waals surface area contributed by atoms with Crippen LogP contribution in [0.5, 0.6) is 0 Å². The molecule has 1 heterocycles. The van der Waals surface area contributed by atoms with Gasteiger partial charge in [0.2, 0.25) is 5.60 Å².